The van der Waals surface area contributed by atoms with Gasteiger partial charge in [0.25, 0.3) is 0 Å². The van der Waals surface area contributed by atoms with Crippen molar-refractivity contribution in [2.45, 2.75) is 44.6 Å². The van der Waals surface area contributed by atoms with Crippen molar-refractivity contribution < 1.29 is 22.7 Å². The van der Waals surface area contributed by atoms with Gasteiger partial charge in [-0.15, -0.1) is 25.6 Å². The number of hydrogen-bond acceptors (Lipinski definition) is 9. The van der Waals surface area contributed by atoms with Crippen LogP contribution in [0.25, 0.3) is 0 Å². The zero-order valence-electron chi connectivity index (χ0n) is 21.4. The third kappa shape index (κ3) is 8.22. The standard InChI is InChI=1S/C24H33F3N8O2.ClH/c1-28-21-31-22(33-23(32-21)35-13-11-34(2)12-14-35)30-18-9-7-16(8-10-18)20(36)29-15-17-5-3-4-6-19(17)37-24(25,26)27;/h3-6,16,18H,7-15H2,1-2H3,(H,29,36)(H2,28,30,31,32,33);1H. The zero-order valence-corrected chi connectivity index (χ0v) is 22.2. The van der Waals surface area contributed by atoms with Gasteiger partial charge in [-0.1, -0.05) is 18.2 Å². The second-order valence-electron chi connectivity index (χ2n) is 9.39. The average Bonchev–Trinajstić information content (AvgIpc) is 2.88. The quantitative estimate of drug-likeness (QED) is 0.450. The molecule has 2 heterocycles. The first-order valence-electron chi connectivity index (χ1n) is 12.5. The molecule has 0 bridgehead atoms. The molecule has 4 rings (SSSR count). The maximum atomic E-state index is 12.7. The van der Waals surface area contributed by atoms with E-state index < -0.39 is 6.36 Å². The number of para-hydroxylation sites is 1. The second kappa shape index (κ2) is 13.1. The minimum atomic E-state index is -4.79. The molecule has 2 aromatic rings. The lowest BCUT2D eigenvalue weighted by molar-refractivity contribution is -0.274. The van der Waals surface area contributed by atoms with Gasteiger partial charge in [-0.25, -0.2) is 0 Å². The molecule has 1 aromatic carbocycles. The summed E-state index contributed by atoms with van der Waals surface area (Å²) in [6.45, 7) is 3.54. The first-order chi connectivity index (χ1) is 17.7. The molecule has 2 aliphatic rings. The number of nitrogens with one attached hydrogen (secondary N) is 3. The van der Waals surface area contributed by atoms with E-state index in [1.165, 1.54) is 18.2 Å². The summed E-state index contributed by atoms with van der Waals surface area (Å²) in [7, 11) is 3.86. The fraction of sp³-hybridized carbons (Fsp3) is 0.583. The van der Waals surface area contributed by atoms with Crippen molar-refractivity contribution >= 4 is 36.2 Å². The Morgan fingerprint density at radius 2 is 1.68 bits per heavy atom. The first kappa shape index (κ1) is 29.5. The molecule has 1 aromatic heterocycles. The number of piperazine rings is 1. The van der Waals surface area contributed by atoms with Crippen molar-refractivity contribution in [2.75, 3.05) is 55.8 Å². The number of nitrogens with zero attached hydrogens (tertiary/aromatic N) is 5. The molecule has 0 atom stereocenters. The van der Waals surface area contributed by atoms with Crippen LogP contribution in [-0.2, 0) is 11.3 Å². The van der Waals surface area contributed by atoms with Crippen molar-refractivity contribution in [1.82, 2.24) is 25.2 Å². The summed E-state index contributed by atoms with van der Waals surface area (Å²) in [6, 6.07) is 5.92. The summed E-state index contributed by atoms with van der Waals surface area (Å²) >= 11 is 0. The van der Waals surface area contributed by atoms with E-state index in [1.807, 2.05) is 0 Å². The fourth-order valence-corrected chi connectivity index (χ4v) is 4.57. The van der Waals surface area contributed by atoms with Gasteiger partial charge < -0.3 is 30.5 Å². The van der Waals surface area contributed by atoms with Crippen molar-refractivity contribution in [2.24, 2.45) is 5.92 Å². The maximum absolute atomic E-state index is 12.7. The van der Waals surface area contributed by atoms with Crippen LogP contribution in [0.3, 0.4) is 0 Å². The van der Waals surface area contributed by atoms with Crippen molar-refractivity contribution in [1.29, 1.82) is 0 Å². The number of alkyl halides is 3. The van der Waals surface area contributed by atoms with Gasteiger partial charge in [0.1, 0.15) is 5.75 Å². The number of benzene rings is 1. The number of aromatic nitrogens is 3. The smallest absolute Gasteiger partial charge is 0.405 e. The molecule has 14 heteroatoms. The fourth-order valence-electron chi connectivity index (χ4n) is 4.57. The van der Waals surface area contributed by atoms with E-state index in [9.17, 15) is 18.0 Å². The lowest BCUT2D eigenvalue weighted by atomic mass is 9.85. The number of carbonyl (C=O) groups is 1. The third-order valence-corrected chi connectivity index (χ3v) is 6.72. The number of hydrogen-bond donors (Lipinski definition) is 3. The molecule has 38 heavy (non-hydrogen) atoms. The topological polar surface area (TPSA) is 108 Å². The predicted octanol–water partition coefficient (Wildman–Crippen LogP) is 3.27. The highest BCUT2D eigenvalue weighted by Gasteiger charge is 2.32. The van der Waals surface area contributed by atoms with Gasteiger partial charge in [-0.2, -0.15) is 15.0 Å². The van der Waals surface area contributed by atoms with Gasteiger partial charge >= 0.3 is 6.36 Å². The molecule has 1 saturated heterocycles. The molecule has 10 nitrogen and oxygen atoms in total. The molecular formula is C24H34ClF3N8O2. The monoisotopic (exact) mass is 558 g/mol. The Bertz CT molecular complexity index is 1060. The number of rotatable bonds is 8. The SMILES string of the molecule is CNc1nc(NC2CCC(C(=O)NCc3ccccc3OC(F)(F)F)CC2)nc(N2CCN(C)CC2)n1.Cl. The van der Waals surface area contributed by atoms with E-state index in [0.717, 1.165) is 39.0 Å². The Labute approximate surface area is 226 Å². The minimum absolute atomic E-state index is 0. The first-order valence-corrected chi connectivity index (χ1v) is 12.5. The van der Waals surface area contributed by atoms with Crippen LogP contribution in [-0.4, -0.2) is 78.4 Å². The Morgan fingerprint density at radius 1 is 1.03 bits per heavy atom. The Kier molecular flexibility index (Phi) is 10.2. The van der Waals surface area contributed by atoms with E-state index in [2.05, 4.69) is 52.5 Å². The number of halogens is 4. The van der Waals surface area contributed by atoms with Gasteiger partial charge in [0.15, 0.2) is 0 Å². The molecule has 0 radical (unpaired) electrons. The molecule has 1 aliphatic heterocycles. The van der Waals surface area contributed by atoms with E-state index in [-0.39, 0.29) is 48.1 Å². The van der Waals surface area contributed by atoms with Gasteiger partial charge in [0.05, 0.1) is 0 Å². The van der Waals surface area contributed by atoms with Gasteiger partial charge in [-0.3, -0.25) is 4.79 Å². The van der Waals surface area contributed by atoms with E-state index >= 15 is 0 Å². The normalized spacial score (nSPS) is 20.3. The van der Waals surface area contributed by atoms with Crippen LogP contribution in [0.15, 0.2) is 24.3 Å². The Hall–Kier alpha value is -3.06. The second-order valence-corrected chi connectivity index (χ2v) is 9.39. The number of carbonyl (C=O) groups excluding carboxylic acids is 1. The Balaban J connectivity index is 0.00000400. The summed E-state index contributed by atoms with van der Waals surface area (Å²) in [6.07, 6.45) is -1.99. The summed E-state index contributed by atoms with van der Waals surface area (Å²) < 4.78 is 42.0. The van der Waals surface area contributed by atoms with Crippen LogP contribution in [0, 0.1) is 5.92 Å². The highest BCUT2D eigenvalue weighted by molar-refractivity contribution is 5.85. The number of anilines is 3. The third-order valence-electron chi connectivity index (χ3n) is 6.72. The maximum Gasteiger partial charge on any atom is 0.573 e. The van der Waals surface area contributed by atoms with Gasteiger partial charge in [0.2, 0.25) is 23.8 Å². The zero-order chi connectivity index (χ0) is 26.4. The molecular weight excluding hydrogens is 525 g/mol. The molecule has 1 saturated carbocycles. The van der Waals surface area contributed by atoms with Crippen LogP contribution >= 0.6 is 12.4 Å². The number of likely N-dealkylation sites (N-methyl/N-ethyl adjacent to an activating group) is 1. The van der Waals surface area contributed by atoms with Crippen molar-refractivity contribution in [3.8, 4) is 5.75 Å². The molecule has 3 N–H and O–H groups in total. The van der Waals surface area contributed by atoms with Crippen molar-refractivity contribution in [3.05, 3.63) is 29.8 Å². The van der Waals surface area contributed by atoms with Crippen LogP contribution in [0.1, 0.15) is 31.2 Å². The Morgan fingerprint density at radius 3 is 2.34 bits per heavy atom. The van der Waals surface area contributed by atoms with Crippen LogP contribution < -0.4 is 25.6 Å². The average molecular weight is 559 g/mol. The molecule has 1 amide bonds. The van der Waals surface area contributed by atoms with Gasteiger partial charge in [0, 0.05) is 57.3 Å². The highest BCUT2D eigenvalue weighted by atomic mass is 35.5. The number of amides is 1. The van der Waals surface area contributed by atoms with Crippen molar-refractivity contribution in [3.63, 3.8) is 0 Å². The molecule has 0 unspecified atom stereocenters. The van der Waals surface area contributed by atoms with Gasteiger partial charge in [-0.05, 0) is 38.8 Å². The van der Waals surface area contributed by atoms with Crippen LogP contribution in [0.2, 0.25) is 0 Å². The summed E-state index contributed by atoms with van der Waals surface area (Å²) in [5.41, 5.74) is 0.273. The lowest BCUT2D eigenvalue weighted by Gasteiger charge is -2.33. The van der Waals surface area contributed by atoms with Crippen LogP contribution in [0.5, 0.6) is 5.75 Å². The molecule has 0 spiro atoms. The lowest BCUT2D eigenvalue weighted by Crippen LogP contribution is -2.45. The van der Waals surface area contributed by atoms with Crippen LogP contribution in [0.4, 0.5) is 31.0 Å². The minimum Gasteiger partial charge on any atom is -0.405 e. The molecule has 1 aliphatic carbocycles. The highest BCUT2D eigenvalue weighted by Crippen LogP contribution is 2.28. The largest absolute Gasteiger partial charge is 0.573 e. The number of ether oxygens (including phenoxy) is 1. The predicted molar refractivity (Wildman–Crippen MR) is 141 cm³/mol. The summed E-state index contributed by atoms with van der Waals surface area (Å²) in [4.78, 5) is 30.7. The molecule has 210 valence electrons. The summed E-state index contributed by atoms with van der Waals surface area (Å²) in [5.74, 6) is 0.947. The van der Waals surface area contributed by atoms with E-state index in [1.54, 1.807) is 13.1 Å². The summed E-state index contributed by atoms with van der Waals surface area (Å²) in [5, 5.41) is 9.16. The van der Waals surface area contributed by atoms with E-state index in [0.29, 0.717) is 30.7 Å². The molecule has 2 fully saturated rings. The van der Waals surface area contributed by atoms with E-state index in [4.69, 9.17) is 0 Å².